The first-order valence-electron chi connectivity index (χ1n) is 8.50. The maximum atomic E-state index is 11.8. The molecule has 0 spiro atoms. The molecule has 0 radical (unpaired) electrons. The Labute approximate surface area is 143 Å². The van der Waals surface area contributed by atoms with Crippen molar-refractivity contribution in [3.8, 4) is 0 Å². The predicted molar refractivity (Wildman–Crippen MR) is 97.1 cm³/mol. The van der Waals surface area contributed by atoms with Gasteiger partial charge in [0.25, 0.3) is 0 Å². The van der Waals surface area contributed by atoms with E-state index >= 15 is 0 Å². The lowest BCUT2D eigenvalue weighted by Crippen LogP contribution is -2.45. The van der Waals surface area contributed by atoms with Crippen LogP contribution in [0.25, 0.3) is 0 Å². The van der Waals surface area contributed by atoms with Crippen molar-refractivity contribution >= 4 is 23.2 Å². The number of aliphatic imine (C=N–C) groups is 1. The van der Waals surface area contributed by atoms with Crippen LogP contribution < -0.4 is 10.6 Å². The Bertz CT molecular complexity index is 515. The summed E-state index contributed by atoms with van der Waals surface area (Å²) in [6.07, 6.45) is 1.57. The van der Waals surface area contributed by atoms with E-state index in [9.17, 15) is 4.79 Å². The number of thiophene rings is 1. The summed E-state index contributed by atoms with van der Waals surface area (Å²) in [4.78, 5) is 19.8. The zero-order valence-corrected chi connectivity index (χ0v) is 15.2. The van der Waals surface area contributed by atoms with Crippen molar-refractivity contribution in [1.82, 2.24) is 15.5 Å². The highest BCUT2D eigenvalue weighted by molar-refractivity contribution is 7.10. The van der Waals surface area contributed by atoms with Gasteiger partial charge in [-0.25, -0.2) is 0 Å². The van der Waals surface area contributed by atoms with Crippen molar-refractivity contribution in [2.75, 3.05) is 26.2 Å². The molecule has 1 fully saturated rings. The SMILES string of the molecule is CCNC(=NCC(C)c1cccs1)NC1CCN(C(=O)CC)C1. The Balaban J connectivity index is 1.88. The Morgan fingerprint density at radius 2 is 2.35 bits per heavy atom. The number of nitrogens with one attached hydrogen (secondary N) is 2. The van der Waals surface area contributed by atoms with E-state index in [2.05, 4.69) is 42.0 Å². The first-order valence-corrected chi connectivity index (χ1v) is 9.38. The number of likely N-dealkylation sites (tertiary alicyclic amines) is 1. The van der Waals surface area contributed by atoms with E-state index in [0.717, 1.165) is 38.6 Å². The average molecular weight is 337 g/mol. The normalized spacial score (nSPS) is 19.7. The Morgan fingerprint density at radius 1 is 1.52 bits per heavy atom. The second-order valence-electron chi connectivity index (χ2n) is 5.96. The fraction of sp³-hybridized carbons (Fsp3) is 0.647. The molecule has 1 amide bonds. The van der Waals surface area contributed by atoms with Gasteiger partial charge in [-0.15, -0.1) is 11.3 Å². The fourth-order valence-electron chi connectivity index (χ4n) is 2.73. The number of guanidine groups is 1. The number of hydrogen-bond donors (Lipinski definition) is 2. The van der Waals surface area contributed by atoms with E-state index in [-0.39, 0.29) is 5.91 Å². The first-order chi connectivity index (χ1) is 11.1. The molecular weight excluding hydrogens is 308 g/mol. The summed E-state index contributed by atoms with van der Waals surface area (Å²) in [5.41, 5.74) is 0. The molecule has 1 aliphatic heterocycles. The topological polar surface area (TPSA) is 56.7 Å². The predicted octanol–water partition coefficient (Wildman–Crippen LogP) is 2.42. The van der Waals surface area contributed by atoms with Crippen molar-refractivity contribution in [3.05, 3.63) is 22.4 Å². The lowest BCUT2D eigenvalue weighted by atomic mass is 10.1. The molecule has 5 nitrogen and oxygen atoms in total. The summed E-state index contributed by atoms with van der Waals surface area (Å²) in [6.45, 7) is 9.41. The number of carbonyl (C=O) groups is 1. The highest BCUT2D eigenvalue weighted by Crippen LogP contribution is 2.20. The maximum Gasteiger partial charge on any atom is 0.222 e. The molecule has 6 heteroatoms. The molecule has 0 saturated carbocycles. The third kappa shape index (κ3) is 5.23. The summed E-state index contributed by atoms with van der Waals surface area (Å²) >= 11 is 1.78. The molecule has 2 N–H and O–H groups in total. The van der Waals surface area contributed by atoms with Gasteiger partial charge >= 0.3 is 0 Å². The van der Waals surface area contributed by atoms with Gasteiger partial charge in [0.2, 0.25) is 5.91 Å². The fourth-order valence-corrected chi connectivity index (χ4v) is 3.51. The number of amides is 1. The lowest BCUT2D eigenvalue weighted by Gasteiger charge is -2.19. The summed E-state index contributed by atoms with van der Waals surface area (Å²) < 4.78 is 0. The van der Waals surface area contributed by atoms with Crippen LogP contribution in [0.2, 0.25) is 0 Å². The van der Waals surface area contributed by atoms with E-state index in [1.54, 1.807) is 11.3 Å². The Kier molecular flexibility index (Phi) is 6.89. The molecule has 128 valence electrons. The van der Waals surface area contributed by atoms with Gasteiger partial charge < -0.3 is 15.5 Å². The Hall–Kier alpha value is -1.56. The molecule has 1 aromatic rings. The molecule has 1 aromatic heterocycles. The minimum atomic E-state index is 0.238. The molecule has 2 heterocycles. The molecule has 1 saturated heterocycles. The standard InChI is InChI=1S/C17H28N4OS/c1-4-16(22)21-9-8-14(12-21)20-17(18-5-2)19-11-13(3)15-7-6-10-23-15/h6-7,10,13-14H,4-5,8-9,11-12H2,1-3H3,(H2,18,19,20). The second-order valence-corrected chi connectivity index (χ2v) is 6.94. The third-order valence-corrected chi connectivity index (χ3v) is 5.18. The lowest BCUT2D eigenvalue weighted by molar-refractivity contribution is -0.129. The molecule has 23 heavy (non-hydrogen) atoms. The van der Waals surface area contributed by atoms with Crippen LogP contribution in [0.1, 0.15) is 44.4 Å². The second kappa shape index (κ2) is 8.91. The highest BCUT2D eigenvalue weighted by Gasteiger charge is 2.25. The number of rotatable bonds is 6. The van der Waals surface area contributed by atoms with E-state index in [0.29, 0.717) is 18.4 Å². The molecule has 0 bridgehead atoms. The number of nitrogens with zero attached hydrogens (tertiary/aromatic N) is 2. The van der Waals surface area contributed by atoms with Gasteiger partial charge in [-0.05, 0) is 24.8 Å². The molecule has 0 aliphatic carbocycles. The van der Waals surface area contributed by atoms with Gasteiger partial charge in [-0.1, -0.05) is 19.9 Å². The van der Waals surface area contributed by atoms with Gasteiger partial charge in [0.15, 0.2) is 5.96 Å². The number of carbonyl (C=O) groups excluding carboxylic acids is 1. The highest BCUT2D eigenvalue weighted by atomic mass is 32.1. The molecule has 2 rings (SSSR count). The Morgan fingerprint density at radius 3 is 3.00 bits per heavy atom. The molecular formula is C17H28N4OS. The average Bonchev–Trinajstić information content (AvgIpc) is 3.23. The van der Waals surface area contributed by atoms with Crippen LogP contribution in [-0.4, -0.2) is 49.0 Å². The summed E-state index contributed by atoms with van der Waals surface area (Å²) in [5, 5.41) is 8.89. The van der Waals surface area contributed by atoms with Crippen LogP contribution in [0, 0.1) is 0 Å². The van der Waals surface area contributed by atoms with Crippen molar-refractivity contribution in [2.24, 2.45) is 4.99 Å². The summed E-state index contributed by atoms with van der Waals surface area (Å²) in [6, 6.07) is 4.54. The van der Waals surface area contributed by atoms with Crippen LogP contribution >= 0.6 is 11.3 Å². The first kappa shape index (κ1) is 17.8. The van der Waals surface area contributed by atoms with E-state index in [1.807, 2.05) is 11.8 Å². The zero-order valence-electron chi connectivity index (χ0n) is 14.3. The smallest absolute Gasteiger partial charge is 0.222 e. The molecule has 2 unspecified atom stereocenters. The quantitative estimate of drug-likeness (QED) is 0.620. The van der Waals surface area contributed by atoms with Crippen LogP contribution in [-0.2, 0) is 4.79 Å². The van der Waals surface area contributed by atoms with Gasteiger partial charge in [0.1, 0.15) is 0 Å². The van der Waals surface area contributed by atoms with Crippen LogP contribution in [0.4, 0.5) is 0 Å². The van der Waals surface area contributed by atoms with Gasteiger partial charge in [0, 0.05) is 42.9 Å². The zero-order chi connectivity index (χ0) is 16.7. The van der Waals surface area contributed by atoms with E-state index < -0.39 is 0 Å². The van der Waals surface area contributed by atoms with Gasteiger partial charge in [0.05, 0.1) is 6.54 Å². The minimum absolute atomic E-state index is 0.238. The van der Waals surface area contributed by atoms with Gasteiger partial charge in [-0.3, -0.25) is 9.79 Å². The summed E-state index contributed by atoms with van der Waals surface area (Å²) in [7, 11) is 0. The van der Waals surface area contributed by atoms with Crippen molar-refractivity contribution < 1.29 is 4.79 Å². The molecule has 0 aromatic carbocycles. The molecule has 1 aliphatic rings. The van der Waals surface area contributed by atoms with E-state index in [4.69, 9.17) is 4.99 Å². The number of hydrogen-bond acceptors (Lipinski definition) is 3. The van der Waals surface area contributed by atoms with E-state index in [1.165, 1.54) is 4.88 Å². The van der Waals surface area contributed by atoms with Crippen molar-refractivity contribution in [3.63, 3.8) is 0 Å². The molecule has 2 atom stereocenters. The minimum Gasteiger partial charge on any atom is -0.357 e. The van der Waals surface area contributed by atoms with Gasteiger partial charge in [-0.2, -0.15) is 0 Å². The van der Waals surface area contributed by atoms with Crippen LogP contribution in [0.5, 0.6) is 0 Å². The van der Waals surface area contributed by atoms with Crippen molar-refractivity contribution in [1.29, 1.82) is 0 Å². The largest absolute Gasteiger partial charge is 0.357 e. The maximum absolute atomic E-state index is 11.8. The van der Waals surface area contributed by atoms with Crippen LogP contribution in [0.15, 0.2) is 22.5 Å². The van der Waals surface area contributed by atoms with Crippen LogP contribution in [0.3, 0.4) is 0 Å². The monoisotopic (exact) mass is 336 g/mol. The third-order valence-electron chi connectivity index (χ3n) is 4.08. The van der Waals surface area contributed by atoms with Crippen molar-refractivity contribution in [2.45, 2.75) is 45.6 Å². The summed E-state index contributed by atoms with van der Waals surface area (Å²) in [5.74, 6) is 1.52.